The molecule has 10 nitrogen and oxygen atoms in total. The summed E-state index contributed by atoms with van der Waals surface area (Å²) in [5, 5.41) is 3.17. The molecule has 2 aromatic heterocycles. The number of benzene rings is 1. The minimum absolute atomic E-state index is 0.0440. The molecule has 0 saturated carbocycles. The molecule has 158 valence electrons. The highest BCUT2D eigenvalue weighted by molar-refractivity contribution is 6.39. The van der Waals surface area contributed by atoms with Gasteiger partial charge in [-0.1, -0.05) is 29.3 Å². The summed E-state index contributed by atoms with van der Waals surface area (Å²) in [6, 6.07) is 4.83. The lowest BCUT2D eigenvalue weighted by Crippen LogP contribution is -2.35. The molecule has 0 aliphatic rings. The van der Waals surface area contributed by atoms with Gasteiger partial charge in [-0.2, -0.15) is 0 Å². The SMILES string of the molecule is CN(CC(=O)Nc1c(Cl)cccc1Cl)C(=O)CCc1nc2c([nH]1)c(=O)[nH]c(=O)n2C. The van der Waals surface area contributed by atoms with E-state index in [4.69, 9.17) is 23.2 Å². The molecular weight excluding hydrogens is 435 g/mol. The number of hydrogen-bond acceptors (Lipinski definition) is 5. The van der Waals surface area contributed by atoms with Crippen molar-refractivity contribution in [2.75, 3.05) is 18.9 Å². The molecule has 3 rings (SSSR count). The van der Waals surface area contributed by atoms with Gasteiger partial charge in [0.05, 0.1) is 22.3 Å². The number of nitrogens with one attached hydrogen (secondary N) is 3. The molecule has 0 unspecified atom stereocenters. The van der Waals surface area contributed by atoms with Gasteiger partial charge >= 0.3 is 5.69 Å². The molecule has 0 fully saturated rings. The average molecular weight is 453 g/mol. The van der Waals surface area contributed by atoms with E-state index in [1.54, 1.807) is 18.2 Å². The number of aryl methyl sites for hydroxylation is 2. The Bertz CT molecular complexity index is 1230. The summed E-state index contributed by atoms with van der Waals surface area (Å²) in [7, 11) is 2.97. The lowest BCUT2D eigenvalue weighted by Gasteiger charge is -2.17. The number of imidazole rings is 1. The van der Waals surface area contributed by atoms with Gasteiger partial charge < -0.3 is 15.2 Å². The largest absolute Gasteiger partial charge is 0.336 e. The van der Waals surface area contributed by atoms with Crippen LogP contribution in [0.1, 0.15) is 12.2 Å². The summed E-state index contributed by atoms with van der Waals surface area (Å²) >= 11 is 12.0. The summed E-state index contributed by atoms with van der Waals surface area (Å²) in [5.74, 6) is -0.379. The van der Waals surface area contributed by atoms with Crippen molar-refractivity contribution >= 4 is 51.9 Å². The van der Waals surface area contributed by atoms with Gasteiger partial charge in [0.15, 0.2) is 5.65 Å². The Labute approximate surface area is 179 Å². The average Bonchev–Trinajstić information content (AvgIpc) is 3.12. The normalized spacial score (nSPS) is 10.9. The predicted molar refractivity (Wildman–Crippen MR) is 113 cm³/mol. The second kappa shape index (κ2) is 8.72. The number of fused-ring (bicyclic) bond motifs is 1. The van der Waals surface area contributed by atoms with E-state index in [2.05, 4.69) is 20.3 Å². The van der Waals surface area contributed by atoms with Gasteiger partial charge in [-0.05, 0) is 12.1 Å². The van der Waals surface area contributed by atoms with E-state index in [9.17, 15) is 19.2 Å². The van der Waals surface area contributed by atoms with Gasteiger partial charge in [0.2, 0.25) is 11.8 Å². The maximum absolute atomic E-state index is 12.4. The molecule has 0 spiro atoms. The lowest BCUT2D eigenvalue weighted by atomic mass is 10.2. The zero-order valence-electron chi connectivity index (χ0n) is 16.1. The van der Waals surface area contributed by atoms with Crippen molar-refractivity contribution in [2.24, 2.45) is 7.05 Å². The zero-order chi connectivity index (χ0) is 22.0. The lowest BCUT2D eigenvalue weighted by molar-refractivity contribution is -0.133. The van der Waals surface area contributed by atoms with Crippen LogP contribution in [0, 0.1) is 0 Å². The van der Waals surface area contributed by atoms with Crippen molar-refractivity contribution in [2.45, 2.75) is 12.8 Å². The van der Waals surface area contributed by atoms with Crippen LogP contribution in [0.4, 0.5) is 5.69 Å². The topological polar surface area (TPSA) is 133 Å². The number of carbonyl (C=O) groups excluding carboxylic acids is 2. The first kappa shape index (κ1) is 21.6. The third kappa shape index (κ3) is 4.55. The monoisotopic (exact) mass is 452 g/mol. The van der Waals surface area contributed by atoms with Gasteiger partial charge in [-0.15, -0.1) is 0 Å². The van der Waals surface area contributed by atoms with E-state index in [0.717, 1.165) is 0 Å². The van der Waals surface area contributed by atoms with Crippen molar-refractivity contribution in [3.05, 3.63) is 54.9 Å². The number of amides is 2. The van der Waals surface area contributed by atoms with Crippen LogP contribution in [-0.2, 0) is 23.1 Å². The van der Waals surface area contributed by atoms with Crippen LogP contribution in [0.15, 0.2) is 27.8 Å². The third-order valence-electron chi connectivity index (χ3n) is 4.41. The molecule has 0 bridgehead atoms. The number of carbonyl (C=O) groups is 2. The van der Waals surface area contributed by atoms with Gasteiger partial charge in [-0.25, -0.2) is 9.78 Å². The summed E-state index contributed by atoms with van der Waals surface area (Å²) < 4.78 is 1.20. The van der Waals surface area contributed by atoms with Crippen LogP contribution < -0.4 is 16.6 Å². The predicted octanol–water partition coefficient (Wildman–Crippen LogP) is 1.29. The minimum atomic E-state index is -0.579. The Hall–Kier alpha value is -3.11. The third-order valence-corrected chi connectivity index (χ3v) is 5.04. The standard InChI is InChI=1S/C18H18Cl2N6O4/c1-25(8-12(27)23-14-9(19)4-3-5-10(14)20)13(28)7-6-11-21-15-16(22-11)26(2)18(30)24-17(15)29/h3-5H,6-8H2,1-2H3,(H,21,22)(H,23,27)(H,24,29,30). The van der Waals surface area contributed by atoms with Crippen LogP contribution >= 0.6 is 23.2 Å². The number of likely N-dealkylation sites (N-methyl/N-ethyl adjacent to an activating group) is 1. The van der Waals surface area contributed by atoms with Gasteiger partial charge in [0, 0.05) is 26.9 Å². The molecule has 2 amide bonds. The number of halogens is 2. The van der Waals surface area contributed by atoms with Crippen LogP contribution in [0.5, 0.6) is 0 Å². The van der Waals surface area contributed by atoms with E-state index < -0.39 is 17.2 Å². The first-order chi connectivity index (χ1) is 14.2. The number of aromatic nitrogens is 4. The Balaban J connectivity index is 1.61. The quantitative estimate of drug-likeness (QED) is 0.517. The maximum Gasteiger partial charge on any atom is 0.329 e. The van der Waals surface area contributed by atoms with E-state index in [1.165, 1.54) is 23.6 Å². The van der Waals surface area contributed by atoms with Gasteiger partial charge in [-0.3, -0.25) is 23.9 Å². The Kier molecular flexibility index (Phi) is 6.28. The Morgan fingerprint density at radius 1 is 1.20 bits per heavy atom. The number of rotatable bonds is 6. The molecule has 0 radical (unpaired) electrons. The second-order valence-electron chi connectivity index (χ2n) is 6.60. The Morgan fingerprint density at radius 3 is 2.53 bits per heavy atom. The molecule has 0 saturated heterocycles. The first-order valence-corrected chi connectivity index (χ1v) is 9.58. The van der Waals surface area contributed by atoms with Crippen molar-refractivity contribution in [1.29, 1.82) is 0 Å². The molecule has 3 aromatic rings. The van der Waals surface area contributed by atoms with Crippen LogP contribution in [0.3, 0.4) is 0 Å². The summed E-state index contributed by atoms with van der Waals surface area (Å²) in [6.45, 7) is -0.200. The molecule has 1 aromatic carbocycles. The maximum atomic E-state index is 12.4. The summed E-state index contributed by atoms with van der Waals surface area (Å²) in [4.78, 5) is 58.5. The van der Waals surface area contributed by atoms with Gasteiger partial charge in [0.25, 0.3) is 5.56 Å². The number of nitrogens with zero attached hydrogens (tertiary/aromatic N) is 3. The van der Waals surface area contributed by atoms with Crippen LogP contribution in [-0.4, -0.2) is 49.8 Å². The highest BCUT2D eigenvalue weighted by Gasteiger charge is 2.17. The summed E-state index contributed by atoms with van der Waals surface area (Å²) in [5.41, 5.74) is -0.513. The summed E-state index contributed by atoms with van der Waals surface area (Å²) in [6.07, 6.45) is 0.242. The smallest absolute Gasteiger partial charge is 0.329 e. The van der Waals surface area contributed by atoms with E-state index >= 15 is 0 Å². The van der Waals surface area contributed by atoms with E-state index in [-0.39, 0.29) is 42.1 Å². The molecule has 0 atom stereocenters. The number of anilines is 1. The fraction of sp³-hybridized carbons (Fsp3) is 0.278. The van der Waals surface area contributed by atoms with Crippen LogP contribution in [0.2, 0.25) is 10.0 Å². The fourth-order valence-corrected chi connectivity index (χ4v) is 3.28. The number of aromatic amines is 2. The number of para-hydroxylation sites is 1. The first-order valence-electron chi connectivity index (χ1n) is 8.83. The molecule has 2 heterocycles. The zero-order valence-corrected chi connectivity index (χ0v) is 17.6. The fourth-order valence-electron chi connectivity index (χ4n) is 2.79. The molecular formula is C18H18Cl2N6O4. The number of hydrogen-bond donors (Lipinski definition) is 3. The van der Waals surface area contributed by atoms with Gasteiger partial charge in [0.1, 0.15) is 11.3 Å². The highest BCUT2D eigenvalue weighted by Crippen LogP contribution is 2.29. The second-order valence-corrected chi connectivity index (χ2v) is 7.41. The van der Waals surface area contributed by atoms with E-state index in [1.807, 2.05) is 0 Å². The molecule has 0 aliphatic heterocycles. The minimum Gasteiger partial charge on any atom is -0.336 e. The molecule has 12 heteroatoms. The van der Waals surface area contributed by atoms with E-state index in [0.29, 0.717) is 15.9 Å². The van der Waals surface area contributed by atoms with Crippen molar-refractivity contribution < 1.29 is 9.59 Å². The molecule has 30 heavy (non-hydrogen) atoms. The van der Waals surface area contributed by atoms with Crippen molar-refractivity contribution in [3.63, 3.8) is 0 Å². The molecule has 3 N–H and O–H groups in total. The number of H-pyrrole nitrogens is 2. The van der Waals surface area contributed by atoms with Crippen molar-refractivity contribution in [3.8, 4) is 0 Å². The Morgan fingerprint density at radius 2 is 1.87 bits per heavy atom. The van der Waals surface area contributed by atoms with Crippen LogP contribution in [0.25, 0.3) is 11.2 Å². The van der Waals surface area contributed by atoms with Crippen molar-refractivity contribution in [1.82, 2.24) is 24.4 Å². The highest BCUT2D eigenvalue weighted by atomic mass is 35.5. The molecule has 0 aliphatic carbocycles.